The Hall–Kier alpha value is -2.80. The van der Waals surface area contributed by atoms with Crippen molar-refractivity contribution in [2.75, 3.05) is 18.1 Å². The smallest absolute Gasteiger partial charge is 0.251 e. The van der Waals surface area contributed by atoms with Gasteiger partial charge in [-0.05, 0) is 48.2 Å². The molecule has 3 aromatic heterocycles. The maximum atomic E-state index is 13.0. The number of fused-ring (bicyclic) bond motifs is 3. The molecule has 34 heavy (non-hydrogen) atoms. The molecule has 6 nitrogen and oxygen atoms in total. The van der Waals surface area contributed by atoms with Crippen LogP contribution in [0.25, 0.3) is 22.2 Å². The van der Waals surface area contributed by atoms with E-state index in [2.05, 4.69) is 11.0 Å². The van der Waals surface area contributed by atoms with E-state index in [-0.39, 0.29) is 5.56 Å². The van der Waals surface area contributed by atoms with Crippen LogP contribution < -0.4 is 10.5 Å². The van der Waals surface area contributed by atoms with Crippen molar-refractivity contribution in [1.29, 1.82) is 0 Å². The zero-order chi connectivity index (χ0) is 23.4. The van der Waals surface area contributed by atoms with Gasteiger partial charge in [0.2, 0.25) is 0 Å². The van der Waals surface area contributed by atoms with Gasteiger partial charge in [0, 0.05) is 36.5 Å². The van der Waals surface area contributed by atoms with E-state index < -0.39 is 0 Å². The van der Waals surface area contributed by atoms with Crippen molar-refractivity contribution in [2.45, 2.75) is 31.5 Å². The van der Waals surface area contributed by atoms with E-state index in [1.54, 1.807) is 22.8 Å². The van der Waals surface area contributed by atoms with Gasteiger partial charge in [0.05, 0.1) is 53.8 Å². The summed E-state index contributed by atoms with van der Waals surface area (Å²) in [7, 11) is 1.99. The van der Waals surface area contributed by atoms with Gasteiger partial charge in [0.25, 0.3) is 5.56 Å². The maximum absolute atomic E-state index is 13.0. The van der Waals surface area contributed by atoms with E-state index in [1.807, 2.05) is 42.3 Å². The molecule has 2 bridgehead atoms. The molecule has 6 rings (SSSR count). The molecule has 174 valence electrons. The zero-order valence-corrected chi connectivity index (χ0v) is 20.3. The number of pyridine rings is 2. The van der Waals surface area contributed by atoms with Gasteiger partial charge in [-0.15, -0.1) is 0 Å². The van der Waals surface area contributed by atoms with Gasteiger partial charge < -0.3 is 18.8 Å². The van der Waals surface area contributed by atoms with Crippen molar-refractivity contribution in [3.63, 3.8) is 0 Å². The topological polar surface area (TPSA) is 52.3 Å². The first kappa shape index (κ1) is 21.7. The summed E-state index contributed by atoms with van der Waals surface area (Å²) in [6, 6.07) is 12.1. The van der Waals surface area contributed by atoms with Gasteiger partial charge in [0.1, 0.15) is 5.65 Å². The number of ether oxygens (including phenoxy) is 1. The summed E-state index contributed by atoms with van der Waals surface area (Å²) in [5.74, 6) is 0. The summed E-state index contributed by atoms with van der Waals surface area (Å²) in [5, 5.41) is 2.03. The highest BCUT2D eigenvalue weighted by Gasteiger charge is 2.37. The number of hydrogen-bond donors (Lipinski definition) is 0. The van der Waals surface area contributed by atoms with Crippen molar-refractivity contribution in [3.05, 3.63) is 81.0 Å². The molecule has 2 unspecified atom stereocenters. The van der Waals surface area contributed by atoms with Crippen molar-refractivity contribution >= 4 is 39.9 Å². The summed E-state index contributed by atoms with van der Waals surface area (Å²) < 4.78 is 9.44. The van der Waals surface area contributed by atoms with Crippen LogP contribution >= 0.6 is 23.2 Å². The molecule has 2 fully saturated rings. The molecule has 0 spiro atoms. The van der Waals surface area contributed by atoms with Crippen LogP contribution in [0.1, 0.15) is 18.4 Å². The molecule has 2 atom stereocenters. The summed E-state index contributed by atoms with van der Waals surface area (Å²) in [6.45, 7) is 1.97. The first-order valence-corrected chi connectivity index (χ1v) is 12.2. The van der Waals surface area contributed by atoms with Crippen LogP contribution in [-0.4, -0.2) is 39.4 Å². The number of aromatic nitrogens is 3. The highest BCUT2D eigenvalue weighted by Crippen LogP contribution is 2.37. The number of nitrogens with zero attached hydrogens (tertiary/aromatic N) is 4. The number of hydrogen-bond acceptors (Lipinski definition) is 4. The lowest BCUT2D eigenvalue weighted by atomic mass is 10.1. The average Bonchev–Trinajstić information content (AvgIpc) is 3.29. The molecule has 0 amide bonds. The Morgan fingerprint density at radius 3 is 2.59 bits per heavy atom. The first-order valence-electron chi connectivity index (χ1n) is 11.4. The number of halogens is 2. The van der Waals surface area contributed by atoms with Gasteiger partial charge in [0.15, 0.2) is 0 Å². The molecule has 4 aromatic rings. The zero-order valence-electron chi connectivity index (χ0n) is 18.7. The van der Waals surface area contributed by atoms with Gasteiger partial charge in [-0.25, -0.2) is 4.98 Å². The van der Waals surface area contributed by atoms with Crippen LogP contribution in [0, 0.1) is 0 Å². The molecule has 5 heterocycles. The Bertz CT molecular complexity index is 1450. The minimum Gasteiger partial charge on any atom is -0.377 e. The SMILES string of the molecule is Cn1cc(-c2ccn(Cc3ccc(Cl)c(Cl)c3)c(=O)c2)c2cc(N3C4CCC3COC4)cnc21. The second-order valence-electron chi connectivity index (χ2n) is 9.18. The van der Waals surface area contributed by atoms with Gasteiger partial charge >= 0.3 is 0 Å². The van der Waals surface area contributed by atoms with Crippen LogP contribution in [0.5, 0.6) is 0 Å². The molecule has 8 heteroatoms. The molecule has 0 radical (unpaired) electrons. The number of aryl methyl sites for hydroxylation is 1. The molecule has 2 aliphatic heterocycles. The fourth-order valence-corrected chi connectivity index (χ4v) is 5.63. The quantitative estimate of drug-likeness (QED) is 0.394. The summed E-state index contributed by atoms with van der Waals surface area (Å²) in [4.78, 5) is 20.2. The predicted molar refractivity (Wildman–Crippen MR) is 136 cm³/mol. The lowest BCUT2D eigenvalue weighted by molar-refractivity contribution is 0.0906. The Morgan fingerprint density at radius 2 is 1.85 bits per heavy atom. The van der Waals surface area contributed by atoms with E-state index in [0.29, 0.717) is 28.7 Å². The van der Waals surface area contributed by atoms with Crippen LogP contribution in [0.2, 0.25) is 10.0 Å². The third kappa shape index (κ3) is 3.70. The molecule has 0 aliphatic carbocycles. The van der Waals surface area contributed by atoms with Gasteiger partial charge in [-0.1, -0.05) is 29.3 Å². The Morgan fingerprint density at radius 1 is 1.06 bits per heavy atom. The highest BCUT2D eigenvalue weighted by atomic mass is 35.5. The minimum absolute atomic E-state index is 0.0732. The van der Waals surface area contributed by atoms with Crippen molar-refractivity contribution in [3.8, 4) is 11.1 Å². The Kier molecular flexibility index (Phi) is 5.40. The van der Waals surface area contributed by atoms with E-state index in [4.69, 9.17) is 32.9 Å². The highest BCUT2D eigenvalue weighted by molar-refractivity contribution is 6.42. The first-order chi connectivity index (χ1) is 16.5. The molecular formula is C26H24Cl2N4O2. The van der Waals surface area contributed by atoms with Crippen molar-refractivity contribution < 1.29 is 4.74 Å². The van der Waals surface area contributed by atoms with E-state index in [0.717, 1.165) is 59.5 Å². The average molecular weight is 495 g/mol. The van der Waals surface area contributed by atoms with Gasteiger partial charge in [-0.2, -0.15) is 0 Å². The maximum Gasteiger partial charge on any atom is 0.251 e. The Labute approximate surface area is 207 Å². The minimum atomic E-state index is -0.0732. The summed E-state index contributed by atoms with van der Waals surface area (Å²) in [5.41, 5.74) is 4.76. The largest absolute Gasteiger partial charge is 0.377 e. The third-order valence-corrected chi connectivity index (χ3v) is 7.72. The molecule has 0 saturated carbocycles. The molecule has 2 saturated heterocycles. The van der Waals surface area contributed by atoms with Crippen molar-refractivity contribution in [2.24, 2.45) is 7.05 Å². The molecule has 0 N–H and O–H groups in total. The van der Waals surface area contributed by atoms with E-state index in [1.165, 1.54) is 0 Å². The normalized spacial score (nSPS) is 19.8. The summed E-state index contributed by atoms with van der Waals surface area (Å²) in [6.07, 6.45) is 8.16. The monoisotopic (exact) mass is 494 g/mol. The Balaban J connectivity index is 1.36. The van der Waals surface area contributed by atoms with Crippen molar-refractivity contribution in [1.82, 2.24) is 14.1 Å². The lowest BCUT2D eigenvalue weighted by Crippen LogP contribution is -2.45. The van der Waals surface area contributed by atoms with Crippen LogP contribution in [0.15, 0.2) is 59.8 Å². The number of anilines is 1. The third-order valence-electron chi connectivity index (χ3n) is 6.98. The van der Waals surface area contributed by atoms with Crippen LogP contribution in [0.4, 0.5) is 5.69 Å². The number of benzene rings is 1. The van der Waals surface area contributed by atoms with E-state index >= 15 is 0 Å². The second kappa shape index (κ2) is 8.45. The van der Waals surface area contributed by atoms with Gasteiger partial charge in [-0.3, -0.25) is 4.79 Å². The van der Waals surface area contributed by atoms with E-state index in [9.17, 15) is 4.79 Å². The number of rotatable bonds is 4. The second-order valence-corrected chi connectivity index (χ2v) is 9.99. The fourth-order valence-electron chi connectivity index (χ4n) is 5.31. The molecule has 2 aliphatic rings. The van der Waals surface area contributed by atoms with Crippen LogP contribution in [-0.2, 0) is 18.3 Å². The standard InChI is InChI=1S/C26H24Cl2N4O2/c1-30-13-22(17-6-7-31(25(33)9-17)12-16-2-5-23(27)24(28)8-16)21-10-20(11-29-26(21)30)32-18-3-4-19(32)15-34-14-18/h2,5-11,13,18-19H,3-4,12,14-15H2,1H3. The summed E-state index contributed by atoms with van der Waals surface area (Å²) >= 11 is 12.2. The number of morpholine rings is 1. The lowest BCUT2D eigenvalue weighted by Gasteiger charge is -2.36. The van der Waals surface area contributed by atoms with Crippen LogP contribution in [0.3, 0.4) is 0 Å². The molecular weight excluding hydrogens is 471 g/mol. The predicted octanol–water partition coefficient (Wildman–Crippen LogP) is 5.12. The fraction of sp³-hybridized carbons (Fsp3) is 0.308. The molecule has 1 aromatic carbocycles.